The van der Waals surface area contributed by atoms with Crippen LogP contribution in [0.25, 0.3) is 0 Å². The number of likely N-dealkylation sites (tertiary alicyclic amines) is 1. The molecule has 2 unspecified atom stereocenters. The van der Waals surface area contributed by atoms with E-state index >= 15 is 0 Å². The molecule has 20 heavy (non-hydrogen) atoms. The number of piperidine rings is 1. The van der Waals surface area contributed by atoms with E-state index in [1.807, 2.05) is 0 Å². The summed E-state index contributed by atoms with van der Waals surface area (Å²) < 4.78 is 1.17. The number of nitrogens with one attached hydrogen (secondary N) is 1. The molecule has 1 aromatic rings. The van der Waals surface area contributed by atoms with Crippen molar-refractivity contribution in [3.05, 3.63) is 34.3 Å². The van der Waals surface area contributed by atoms with Crippen molar-refractivity contribution < 1.29 is 5.11 Å². The number of nitrogens with zero attached hydrogens (tertiary/aromatic N) is 1. The fourth-order valence-electron chi connectivity index (χ4n) is 2.92. The third-order valence-corrected chi connectivity index (χ3v) is 4.67. The standard InChI is InChI=1S/C16H25BrN2O/c1-2-18-16(14-7-3-4-8-15(14)17)9-11-19-10-5-6-13(20)12-19/h3-4,7-8,13,16,18,20H,2,5-6,9-12H2,1H3. The number of rotatable bonds is 6. The van der Waals surface area contributed by atoms with Gasteiger partial charge in [-0.25, -0.2) is 0 Å². The summed E-state index contributed by atoms with van der Waals surface area (Å²) in [5, 5.41) is 13.3. The lowest BCUT2D eigenvalue weighted by Crippen LogP contribution is -2.39. The van der Waals surface area contributed by atoms with Crippen LogP contribution in [0.15, 0.2) is 28.7 Å². The molecule has 4 heteroatoms. The zero-order valence-corrected chi connectivity index (χ0v) is 13.8. The highest BCUT2D eigenvalue weighted by Crippen LogP contribution is 2.26. The molecule has 1 aliphatic rings. The maximum Gasteiger partial charge on any atom is 0.0667 e. The second-order valence-corrected chi connectivity index (χ2v) is 6.37. The molecule has 1 aliphatic heterocycles. The molecule has 0 aliphatic carbocycles. The monoisotopic (exact) mass is 340 g/mol. The highest BCUT2D eigenvalue weighted by atomic mass is 79.9. The Bertz CT molecular complexity index is 413. The van der Waals surface area contributed by atoms with Crippen LogP contribution in [-0.4, -0.2) is 42.3 Å². The van der Waals surface area contributed by atoms with Gasteiger partial charge in [0.25, 0.3) is 0 Å². The van der Waals surface area contributed by atoms with Crippen LogP contribution in [0.3, 0.4) is 0 Å². The second kappa shape index (κ2) is 8.13. The number of hydrogen-bond acceptors (Lipinski definition) is 3. The summed E-state index contributed by atoms with van der Waals surface area (Å²) in [6.45, 7) is 6.10. The zero-order valence-electron chi connectivity index (χ0n) is 12.2. The van der Waals surface area contributed by atoms with Gasteiger partial charge >= 0.3 is 0 Å². The lowest BCUT2D eigenvalue weighted by molar-refractivity contribution is 0.0685. The topological polar surface area (TPSA) is 35.5 Å². The minimum absolute atomic E-state index is 0.134. The van der Waals surface area contributed by atoms with Gasteiger partial charge in [0.15, 0.2) is 0 Å². The summed E-state index contributed by atoms with van der Waals surface area (Å²) in [5.74, 6) is 0. The second-order valence-electron chi connectivity index (χ2n) is 5.52. The van der Waals surface area contributed by atoms with E-state index in [0.717, 1.165) is 45.4 Å². The Kier molecular flexibility index (Phi) is 6.49. The van der Waals surface area contributed by atoms with Crippen LogP contribution >= 0.6 is 15.9 Å². The van der Waals surface area contributed by atoms with Gasteiger partial charge in [0, 0.05) is 23.6 Å². The molecule has 2 N–H and O–H groups in total. The molecule has 0 spiro atoms. The van der Waals surface area contributed by atoms with Gasteiger partial charge in [-0.1, -0.05) is 41.1 Å². The van der Waals surface area contributed by atoms with Gasteiger partial charge in [-0.15, -0.1) is 0 Å². The molecule has 2 rings (SSSR count). The molecule has 0 amide bonds. The minimum Gasteiger partial charge on any atom is -0.392 e. The first-order chi connectivity index (χ1) is 9.70. The Hall–Kier alpha value is -0.420. The van der Waals surface area contributed by atoms with Gasteiger partial charge in [-0.2, -0.15) is 0 Å². The SMILES string of the molecule is CCNC(CCN1CCCC(O)C1)c1ccccc1Br. The van der Waals surface area contributed by atoms with E-state index in [2.05, 4.69) is 57.3 Å². The molecule has 2 atom stereocenters. The summed E-state index contributed by atoms with van der Waals surface area (Å²) in [6, 6.07) is 8.80. The molecular weight excluding hydrogens is 316 g/mol. The van der Waals surface area contributed by atoms with E-state index in [9.17, 15) is 5.11 Å². The first kappa shape index (κ1) is 16.0. The smallest absolute Gasteiger partial charge is 0.0667 e. The van der Waals surface area contributed by atoms with Crippen LogP contribution in [0, 0.1) is 0 Å². The number of benzene rings is 1. The van der Waals surface area contributed by atoms with E-state index < -0.39 is 0 Å². The Balaban J connectivity index is 1.94. The zero-order chi connectivity index (χ0) is 14.4. The first-order valence-corrected chi connectivity index (χ1v) is 8.38. The van der Waals surface area contributed by atoms with Gasteiger partial charge in [-0.3, -0.25) is 0 Å². The van der Waals surface area contributed by atoms with Crippen molar-refractivity contribution >= 4 is 15.9 Å². The van der Waals surface area contributed by atoms with E-state index in [-0.39, 0.29) is 6.10 Å². The molecular formula is C16H25BrN2O. The minimum atomic E-state index is -0.134. The Morgan fingerprint density at radius 3 is 2.95 bits per heavy atom. The number of β-amino-alcohol motifs (C(OH)–C–C–N with tert-alkyl or cyclic N) is 1. The van der Waals surface area contributed by atoms with Gasteiger partial charge in [0.05, 0.1) is 6.10 Å². The van der Waals surface area contributed by atoms with Crippen LogP contribution in [-0.2, 0) is 0 Å². The Morgan fingerprint density at radius 2 is 2.25 bits per heavy atom. The Labute approximate surface area is 130 Å². The van der Waals surface area contributed by atoms with Crippen LogP contribution < -0.4 is 5.32 Å². The van der Waals surface area contributed by atoms with E-state index in [1.165, 1.54) is 10.0 Å². The average molecular weight is 341 g/mol. The molecule has 0 saturated carbocycles. The summed E-state index contributed by atoms with van der Waals surface area (Å²) in [6.07, 6.45) is 3.01. The molecule has 112 valence electrons. The van der Waals surface area contributed by atoms with Crippen molar-refractivity contribution in [2.75, 3.05) is 26.2 Å². The molecule has 1 saturated heterocycles. The van der Waals surface area contributed by atoms with Gasteiger partial charge in [0.1, 0.15) is 0 Å². The summed E-state index contributed by atoms with van der Waals surface area (Å²) in [4.78, 5) is 2.38. The molecule has 1 fully saturated rings. The van der Waals surface area contributed by atoms with E-state index in [0.29, 0.717) is 6.04 Å². The highest BCUT2D eigenvalue weighted by Gasteiger charge is 2.19. The molecule has 0 bridgehead atoms. The van der Waals surface area contributed by atoms with Crippen molar-refractivity contribution in [3.63, 3.8) is 0 Å². The lowest BCUT2D eigenvalue weighted by atomic mass is 10.0. The number of aliphatic hydroxyl groups is 1. The number of hydrogen-bond donors (Lipinski definition) is 2. The van der Waals surface area contributed by atoms with E-state index in [4.69, 9.17) is 0 Å². The van der Waals surface area contributed by atoms with Crippen LogP contribution in [0.2, 0.25) is 0 Å². The average Bonchev–Trinajstić information content (AvgIpc) is 2.44. The molecule has 1 heterocycles. The largest absolute Gasteiger partial charge is 0.392 e. The lowest BCUT2D eigenvalue weighted by Gasteiger charge is -2.31. The molecule has 1 aromatic carbocycles. The van der Waals surface area contributed by atoms with Crippen molar-refractivity contribution in [3.8, 4) is 0 Å². The van der Waals surface area contributed by atoms with Gasteiger partial charge in [-0.05, 0) is 44.0 Å². The molecule has 3 nitrogen and oxygen atoms in total. The molecule has 0 radical (unpaired) electrons. The summed E-state index contributed by atoms with van der Waals surface area (Å²) in [5.41, 5.74) is 1.33. The van der Waals surface area contributed by atoms with Crippen LogP contribution in [0.1, 0.15) is 37.8 Å². The van der Waals surface area contributed by atoms with Crippen molar-refractivity contribution in [1.82, 2.24) is 10.2 Å². The quantitative estimate of drug-likeness (QED) is 0.835. The van der Waals surface area contributed by atoms with E-state index in [1.54, 1.807) is 0 Å². The Morgan fingerprint density at radius 1 is 1.45 bits per heavy atom. The van der Waals surface area contributed by atoms with Crippen LogP contribution in [0.5, 0.6) is 0 Å². The molecule has 0 aromatic heterocycles. The van der Waals surface area contributed by atoms with Crippen molar-refractivity contribution in [1.29, 1.82) is 0 Å². The van der Waals surface area contributed by atoms with Crippen LogP contribution in [0.4, 0.5) is 0 Å². The van der Waals surface area contributed by atoms with Gasteiger partial charge < -0.3 is 15.3 Å². The normalized spacial score (nSPS) is 21.9. The maximum absolute atomic E-state index is 9.74. The first-order valence-electron chi connectivity index (χ1n) is 7.59. The summed E-state index contributed by atoms with van der Waals surface area (Å²) >= 11 is 3.65. The predicted molar refractivity (Wildman–Crippen MR) is 86.9 cm³/mol. The van der Waals surface area contributed by atoms with Crippen molar-refractivity contribution in [2.24, 2.45) is 0 Å². The number of halogens is 1. The number of aliphatic hydroxyl groups excluding tert-OH is 1. The van der Waals surface area contributed by atoms with Crippen molar-refractivity contribution in [2.45, 2.75) is 38.3 Å². The highest BCUT2D eigenvalue weighted by molar-refractivity contribution is 9.10. The third-order valence-electron chi connectivity index (χ3n) is 3.95. The fourth-order valence-corrected chi connectivity index (χ4v) is 3.48. The predicted octanol–water partition coefficient (Wildman–Crippen LogP) is 2.95. The fraction of sp³-hybridized carbons (Fsp3) is 0.625. The van der Waals surface area contributed by atoms with Gasteiger partial charge in [0.2, 0.25) is 0 Å². The summed E-state index contributed by atoms with van der Waals surface area (Å²) in [7, 11) is 0. The third kappa shape index (κ3) is 4.55. The maximum atomic E-state index is 9.74.